The average molecular weight is 387 g/mol. The van der Waals surface area contributed by atoms with Crippen LogP contribution in [0.2, 0.25) is 10.0 Å². The lowest BCUT2D eigenvalue weighted by Crippen LogP contribution is -2.15. The Balaban J connectivity index is 2.05. The standard InChI is InChI=1S/C16H20Cl2N4OS/c1-9(2)15-20-21-16(22(15)10(3)4)24-8-14(23)19-13-7-11(17)5-6-12(13)18/h5-7,9-10H,8H2,1-4H3,(H,19,23). The fourth-order valence-corrected chi connectivity index (χ4v) is 3.39. The maximum Gasteiger partial charge on any atom is 0.234 e. The highest BCUT2D eigenvalue weighted by Gasteiger charge is 2.18. The summed E-state index contributed by atoms with van der Waals surface area (Å²) in [4.78, 5) is 12.2. The Morgan fingerprint density at radius 2 is 1.96 bits per heavy atom. The van der Waals surface area contributed by atoms with Gasteiger partial charge in [-0.1, -0.05) is 48.8 Å². The van der Waals surface area contributed by atoms with Crippen LogP contribution in [0.25, 0.3) is 0 Å². The summed E-state index contributed by atoms with van der Waals surface area (Å²) in [5, 5.41) is 12.9. The first-order valence-corrected chi connectivity index (χ1v) is 9.36. The van der Waals surface area contributed by atoms with Crippen molar-refractivity contribution in [1.29, 1.82) is 0 Å². The monoisotopic (exact) mass is 386 g/mol. The van der Waals surface area contributed by atoms with Gasteiger partial charge >= 0.3 is 0 Å². The number of thioether (sulfide) groups is 1. The van der Waals surface area contributed by atoms with E-state index in [0.717, 1.165) is 11.0 Å². The smallest absolute Gasteiger partial charge is 0.234 e. The van der Waals surface area contributed by atoms with Crippen LogP contribution < -0.4 is 5.32 Å². The van der Waals surface area contributed by atoms with Gasteiger partial charge in [0.05, 0.1) is 16.5 Å². The van der Waals surface area contributed by atoms with E-state index in [1.54, 1.807) is 18.2 Å². The van der Waals surface area contributed by atoms with E-state index in [4.69, 9.17) is 23.2 Å². The minimum atomic E-state index is -0.173. The van der Waals surface area contributed by atoms with Crippen LogP contribution in [0.15, 0.2) is 23.4 Å². The molecule has 8 heteroatoms. The number of nitrogens with one attached hydrogen (secondary N) is 1. The fourth-order valence-electron chi connectivity index (χ4n) is 2.18. The Morgan fingerprint density at radius 1 is 1.25 bits per heavy atom. The molecule has 5 nitrogen and oxygen atoms in total. The van der Waals surface area contributed by atoms with Gasteiger partial charge in [-0.05, 0) is 32.0 Å². The summed E-state index contributed by atoms with van der Waals surface area (Å²) in [5.41, 5.74) is 0.503. The average Bonchev–Trinajstić information content (AvgIpc) is 2.93. The van der Waals surface area contributed by atoms with Crippen LogP contribution in [-0.4, -0.2) is 26.4 Å². The molecular formula is C16H20Cl2N4OS. The van der Waals surface area contributed by atoms with Gasteiger partial charge in [-0.3, -0.25) is 4.79 Å². The second-order valence-electron chi connectivity index (χ2n) is 5.92. The van der Waals surface area contributed by atoms with Crippen molar-refractivity contribution in [2.24, 2.45) is 0 Å². The predicted molar refractivity (Wildman–Crippen MR) is 100 cm³/mol. The highest BCUT2D eigenvalue weighted by molar-refractivity contribution is 7.99. The molecule has 0 atom stereocenters. The number of nitrogens with zero attached hydrogens (tertiary/aromatic N) is 3. The molecule has 0 saturated carbocycles. The second-order valence-corrected chi connectivity index (χ2v) is 7.71. The summed E-state index contributed by atoms with van der Waals surface area (Å²) < 4.78 is 2.06. The molecule has 0 spiro atoms. The molecule has 0 fully saturated rings. The zero-order valence-corrected chi connectivity index (χ0v) is 16.3. The molecule has 1 N–H and O–H groups in total. The third-order valence-electron chi connectivity index (χ3n) is 3.26. The second kappa shape index (κ2) is 8.23. The summed E-state index contributed by atoms with van der Waals surface area (Å²) in [6.07, 6.45) is 0. The van der Waals surface area contributed by atoms with Crippen LogP contribution in [0.4, 0.5) is 5.69 Å². The van der Waals surface area contributed by atoms with Gasteiger partial charge in [0.2, 0.25) is 5.91 Å². The van der Waals surface area contributed by atoms with Gasteiger partial charge in [0, 0.05) is 17.0 Å². The Kier molecular flexibility index (Phi) is 6.54. The SMILES string of the molecule is CC(C)c1nnc(SCC(=O)Nc2cc(Cl)ccc2Cl)n1C(C)C. The molecule has 0 unspecified atom stereocenters. The Labute approximate surface area is 156 Å². The zero-order valence-electron chi connectivity index (χ0n) is 14.0. The molecule has 1 aromatic carbocycles. The van der Waals surface area contributed by atoms with Crippen molar-refractivity contribution in [3.05, 3.63) is 34.1 Å². The lowest BCUT2D eigenvalue weighted by molar-refractivity contribution is -0.113. The number of aromatic nitrogens is 3. The number of carbonyl (C=O) groups is 1. The van der Waals surface area contributed by atoms with Crippen molar-refractivity contribution in [3.63, 3.8) is 0 Å². The number of rotatable bonds is 6. The first-order chi connectivity index (χ1) is 11.3. The third kappa shape index (κ3) is 4.65. The molecule has 1 heterocycles. The fraction of sp³-hybridized carbons (Fsp3) is 0.438. The molecule has 0 aliphatic rings. The van der Waals surface area contributed by atoms with Crippen LogP contribution in [0.1, 0.15) is 45.5 Å². The summed E-state index contributed by atoms with van der Waals surface area (Å²) in [6, 6.07) is 5.18. The van der Waals surface area contributed by atoms with Gasteiger partial charge in [-0.25, -0.2) is 0 Å². The number of halogens is 2. The van der Waals surface area contributed by atoms with E-state index in [-0.39, 0.29) is 23.6 Å². The minimum absolute atomic E-state index is 0.173. The molecule has 0 aliphatic heterocycles. The molecule has 130 valence electrons. The van der Waals surface area contributed by atoms with Gasteiger partial charge in [-0.2, -0.15) is 0 Å². The van der Waals surface area contributed by atoms with E-state index >= 15 is 0 Å². The maximum atomic E-state index is 12.2. The van der Waals surface area contributed by atoms with E-state index in [1.807, 2.05) is 0 Å². The summed E-state index contributed by atoms with van der Waals surface area (Å²) in [5.74, 6) is 1.24. The molecular weight excluding hydrogens is 367 g/mol. The van der Waals surface area contributed by atoms with Crippen LogP contribution in [0.3, 0.4) is 0 Å². The molecule has 2 aromatic rings. The van der Waals surface area contributed by atoms with E-state index in [2.05, 4.69) is 47.8 Å². The largest absolute Gasteiger partial charge is 0.324 e. The Hall–Kier alpha value is -1.24. The van der Waals surface area contributed by atoms with Gasteiger partial charge < -0.3 is 9.88 Å². The van der Waals surface area contributed by atoms with E-state index in [9.17, 15) is 4.79 Å². The molecule has 0 radical (unpaired) electrons. The van der Waals surface area contributed by atoms with Crippen molar-refractivity contribution < 1.29 is 4.79 Å². The van der Waals surface area contributed by atoms with Gasteiger partial charge in [0.1, 0.15) is 5.82 Å². The first kappa shape index (κ1) is 19.1. The van der Waals surface area contributed by atoms with Crippen molar-refractivity contribution in [1.82, 2.24) is 14.8 Å². The van der Waals surface area contributed by atoms with Crippen molar-refractivity contribution >= 4 is 46.6 Å². The molecule has 1 amide bonds. The quantitative estimate of drug-likeness (QED) is 0.707. The van der Waals surface area contributed by atoms with Crippen molar-refractivity contribution in [2.45, 2.75) is 44.8 Å². The molecule has 0 saturated heterocycles. The Bertz CT molecular complexity index is 731. The third-order valence-corrected chi connectivity index (χ3v) is 4.77. The van der Waals surface area contributed by atoms with Crippen molar-refractivity contribution in [2.75, 3.05) is 11.1 Å². The van der Waals surface area contributed by atoms with Gasteiger partial charge in [0.15, 0.2) is 5.16 Å². The number of carbonyl (C=O) groups excluding carboxylic acids is 1. The van der Waals surface area contributed by atoms with Crippen LogP contribution in [0.5, 0.6) is 0 Å². The predicted octanol–water partition coefficient (Wildman–Crippen LogP) is 5.02. The number of hydrogen-bond donors (Lipinski definition) is 1. The normalized spacial score (nSPS) is 11.3. The van der Waals surface area contributed by atoms with Crippen LogP contribution in [-0.2, 0) is 4.79 Å². The lowest BCUT2D eigenvalue weighted by atomic mass is 10.2. The number of hydrogen-bond acceptors (Lipinski definition) is 4. The summed E-state index contributed by atoms with van der Waals surface area (Å²) in [7, 11) is 0. The molecule has 24 heavy (non-hydrogen) atoms. The highest BCUT2D eigenvalue weighted by atomic mass is 35.5. The molecule has 0 bridgehead atoms. The van der Waals surface area contributed by atoms with Gasteiger partial charge in [0.25, 0.3) is 0 Å². The summed E-state index contributed by atoms with van der Waals surface area (Å²) in [6.45, 7) is 8.30. The van der Waals surface area contributed by atoms with Gasteiger partial charge in [-0.15, -0.1) is 10.2 Å². The highest BCUT2D eigenvalue weighted by Crippen LogP contribution is 2.27. The Morgan fingerprint density at radius 3 is 2.58 bits per heavy atom. The van der Waals surface area contributed by atoms with E-state index in [1.165, 1.54) is 11.8 Å². The minimum Gasteiger partial charge on any atom is -0.324 e. The maximum absolute atomic E-state index is 12.2. The summed E-state index contributed by atoms with van der Waals surface area (Å²) >= 11 is 13.3. The number of benzene rings is 1. The zero-order chi connectivity index (χ0) is 17.9. The van der Waals surface area contributed by atoms with E-state index < -0.39 is 0 Å². The van der Waals surface area contributed by atoms with Crippen LogP contribution in [0, 0.1) is 0 Å². The first-order valence-electron chi connectivity index (χ1n) is 7.62. The van der Waals surface area contributed by atoms with Crippen molar-refractivity contribution in [3.8, 4) is 0 Å². The molecule has 2 rings (SSSR count). The lowest BCUT2D eigenvalue weighted by Gasteiger charge is -2.15. The number of amides is 1. The molecule has 1 aromatic heterocycles. The van der Waals surface area contributed by atoms with Crippen LogP contribution >= 0.6 is 35.0 Å². The number of anilines is 1. The molecule has 0 aliphatic carbocycles. The topological polar surface area (TPSA) is 59.8 Å². The van der Waals surface area contributed by atoms with E-state index in [0.29, 0.717) is 15.7 Å².